The fourth-order valence-electron chi connectivity index (χ4n) is 4.41. The molecule has 1 atom stereocenters. The lowest BCUT2D eigenvalue weighted by Crippen LogP contribution is -2.34. The van der Waals surface area contributed by atoms with Gasteiger partial charge in [0.1, 0.15) is 5.75 Å². The van der Waals surface area contributed by atoms with Crippen LogP contribution in [-0.2, 0) is 17.8 Å². The number of methoxy groups -OCH3 is 1. The van der Waals surface area contributed by atoms with E-state index in [0.29, 0.717) is 5.92 Å². The minimum atomic E-state index is -0.0437. The fourth-order valence-corrected chi connectivity index (χ4v) is 4.41. The van der Waals surface area contributed by atoms with Crippen molar-refractivity contribution in [2.45, 2.75) is 38.6 Å². The summed E-state index contributed by atoms with van der Waals surface area (Å²) >= 11 is 0. The minimum Gasteiger partial charge on any atom is -0.497 e. The number of anilines is 1. The maximum Gasteiger partial charge on any atom is 0.221 e. The van der Waals surface area contributed by atoms with E-state index in [9.17, 15) is 4.79 Å². The Morgan fingerprint density at radius 3 is 2.69 bits per heavy atom. The van der Waals surface area contributed by atoms with Crippen molar-refractivity contribution < 1.29 is 9.53 Å². The van der Waals surface area contributed by atoms with Crippen LogP contribution in [0.4, 0.5) is 5.69 Å². The maximum absolute atomic E-state index is 11.2. The van der Waals surface area contributed by atoms with Gasteiger partial charge < -0.3 is 10.1 Å². The van der Waals surface area contributed by atoms with Crippen LogP contribution < -0.4 is 10.1 Å². The summed E-state index contributed by atoms with van der Waals surface area (Å²) in [6.45, 7) is 4.57. The summed E-state index contributed by atoms with van der Waals surface area (Å²) in [5, 5.41) is 2.83. The maximum atomic E-state index is 11.2. The number of ether oxygens (including phenoxy) is 1. The van der Waals surface area contributed by atoms with Crippen LogP contribution in [0.25, 0.3) is 0 Å². The Morgan fingerprint density at radius 2 is 1.91 bits per heavy atom. The molecule has 166 valence electrons. The van der Waals surface area contributed by atoms with E-state index in [-0.39, 0.29) is 5.91 Å². The standard InChI is InChI=1S/C27H31N3O2/c1-20(31)28-24-13-11-21(12-14-24)18-30-15-5-7-23(19-30)27-10-4-8-25(29-27)16-22-6-3-9-26(17-22)32-2/h3-4,6,8-14,17,23H,5,7,15-16,18-19H2,1-2H3,(H,28,31)/t23-/m0/s1. The number of likely N-dealkylation sites (tertiary alicyclic amines) is 1. The lowest BCUT2D eigenvalue weighted by molar-refractivity contribution is -0.114. The number of benzene rings is 2. The summed E-state index contributed by atoms with van der Waals surface area (Å²) in [6, 6.07) is 22.8. The summed E-state index contributed by atoms with van der Waals surface area (Å²) < 4.78 is 5.35. The van der Waals surface area contributed by atoms with Crippen molar-refractivity contribution >= 4 is 11.6 Å². The van der Waals surface area contributed by atoms with Crippen LogP contribution in [-0.4, -0.2) is 36.0 Å². The monoisotopic (exact) mass is 429 g/mol. The van der Waals surface area contributed by atoms with Crippen LogP contribution >= 0.6 is 0 Å². The zero-order valence-electron chi connectivity index (χ0n) is 18.9. The molecule has 0 bridgehead atoms. The van der Waals surface area contributed by atoms with Crippen LogP contribution in [0.2, 0.25) is 0 Å². The Hall–Kier alpha value is -3.18. The van der Waals surface area contributed by atoms with E-state index in [2.05, 4.69) is 52.7 Å². The van der Waals surface area contributed by atoms with Gasteiger partial charge in [-0.15, -0.1) is 0 Å². The van der Waals surface area contributed by atoms with Crippen LogP contribution in [0.3, 0.4) is 0 Å². The van der Waals surface area contributed by atoms with Crippen molar-refractivity contribution in [3.63, 3.8) is 0 Å². The van der Waals surface area contributed by atoms with Gasteiger partial charge >= 0.3 is 0 Å². The Bertz CT molecular complexity index is 1050. The molecule has 32 heavy (non-hydrogen) atoms. The first-order valence-electron chi connectivity index (χ1n) is 11.3. The second-order valence-electron chi connectivity index (χ2n) is 8.53. The summed E-state index contributed by atoms with van der Waals surface area (Å²) in [5.41, 5.74) is 5.61. The van der Waals surface area contributed by atoms with E-state index in [1.165, 1.54) is 36.6 Å². The van der Waals surface area contributed by atoms with Gasteiger partial charge in [-0.3, -0.25) is 14.7 Å². The molecule has 0 radical (unpaired) electrons. The largest absolute Gasteiger partial charge is 0.497 e. The number of hydrogen-bond donors (Lipinski definition) is 1. The smallest absolute Gasteiger partial charge is 0.221 e. The molecule has 1 aliphatic rings. The Labute approximate surface area is 190 Å². The first-order chi connectivity index (χ1) is 15.6. The van der Waals surface area contributed by atoms with Crippen LogP contribution in [0.1, 0.15) is 48.2 Å². The normalized spacial score (nSPS) is 16.5. The Balaban J connectivity index is 1.39. The average Bonchev–Trinajstić information content (AvgIpc) is 2.80. The van der Waals surface area contributed by atoms with Gasteiger partial charge in [0.25, 0.3) is 0 Å². The molecule has 2 heterocycles. The van der Waals surface area contributed by atoms with E-state index in [1.807, 2.05) is 24.3 Å². The van der Waals surface area contributed by atoms with E-state index < -0.39 is 0 Å². The fraction of sp³-hybridized carbons (Fsp3) is 0.333. The highest BCUT2D eigenvalue weighted by Crippen LogP contribution is 2.27. The van der Waals surface area contributed by atoms with Crippen molar-refractivity contribution in [3.05, 3.63) is 89.2 Å². The average molecular weight is 430 g/mol. The first-order valence-corrected chi connectivity index (χ1v) is 11.3. The molecule has 0 unspecified atom stereocenters. The van der Waals surface area contributed by atoms with E-state index in [0.717, 1.165) is 43.2 Å². The molecule has 1 amide bonds. The molecule has 1 N–H and O–H groups in total. The van der Waals surface area contributed by atoms with Crippen molar-refractivity contribution in [1.82, 2.24) is 9.88 Å². The zero-order chi connectivity index (χ0) is 22.3. The molecule has 1 aliphatic heterocycles. The lowest BCUT2D eigenvalue weighted by Gasteiger charge is -2.32. The molecule has 0 aliphatic carbocycles. The van der Waals surface area contributed by atoms with E-state index >= 15 is 0 Å². The lowest BCUT2D eigenvalue weighted by atomic mass is 9.93. The number of carbonyl (C=O) groups excluding carboxylic acids is 1. The molecule has 5 nitrogen and oxygen atoms in total. The molecule has 5 heteroatoms. The molecule has 3 aromatic rings. The minimum absolute atomic E-state index is 0.0437. The molecule has 1 fully saturated rings. The van der Waals surface area contributed by atoms with Gasteiger partial charge in [-0.25, -0.2) is 0 Å². The number of aromatic nitrogens is 1. The number of carbonyl (C=O) groups is 1. The number of hydrogen-bond acceptors (Lipinski definition) is 4. The van der Waals surface area contributed by atoms with Gasteiger partial charge in [-0.05, 0) is 66.9 Å². The van der Waals surface area contributed by atoms with Crippen molar-refractivity contribution in [3.8, 4) is 5.75 Å². The summed E-state index contributed by atoms with van der Waals surface area (Å²) in [5.74, 6) is 1.29. The zero-order valence-corrected chi connectivity index (χ0v) is 18.9. The summed E-state index contributed by atoms with van der Waals surface area (Å²) in [7, 11) is 1.70. The Kier molecular flexibility index (Phi) is 7.17. The number of rotatable bonds is 7. The second-order valence-corrected chi connectivity index (χ2v) is 8.53. The highest BCUT2D eigenvalue weighted by Gasteiger charge is 2.22. The third-order valence-corrected chi connectivity index (χ3v) is 5.95. The predicted octanol–water partition coefficient (Wildman–Crippen LogP) is 5.02. The molecular formula is C27H31N3O2. The number of pyridine rings is 1. The van der Waals surface area contributed by atoms with E-state index in [4.69, 9.17) is 9.72 Å². The number of nitrogens with zero attached hydrogens (tertiary/aromatic N) is 2. The van der Waals surface area contributed by atoms with Crippen LogP contribution in [0, 0.1) is 0 Å². The molecule has 0 spiro atoms. The van der Waals surface area contributed by atoms with Gasteiger partial charge in [0, 0.05) is 49.4 Å². The molecule has 2 aromatic carbocycles. The number of nitrogens with one attached hydrogen (secondary N) is 1. The number of piperidine rings is 1. The third-order valence-electron chi connectivity index (χ3n) is 5.95. The first kappa shape index (κ1) is 22.0. The highest BCUT2D eigenvalue weighted by molar-refractivity contribution is 5.88. The molecule has 4 rings (SSSR count). The molecule has 0 saturated carbocycles. The van der Waals surface area contributed by atoms with Crippen molar-refractivity contribution in [1.29, 1.82) is 0 Å². The summed E-state index contributed by atoms with van der Waals surface area (Å²) in [6.07, 6.45) is 3.16. The van der Waals surface area contributed by atoms with Gasteiger partial charge in [0.05, 0.1) is 7.11 Å². The molecule has 1 saturated heterocycles. The topological polar surface area (TPSA) is 54.5 Å². The van der Waals surface area contributed by atoms with Gasteiger partial charge in [-0.2, -0.15) is 0 Å². The molecule has 1 aromatic heterocycles. The Morgan fingerprint density at radius 1 is 1.09 bits per heavy atom. The van der Waals surface area contributed by atoms with Crippen LogP contribution in [0.15, 0.2) is 66.7 Å². The highest BCUT2D eigenvalue weighted by atomic mass is 16.5. The van der Waals surface area contributed by atoms with Gasteiger partial charge in [-0.1, -0.05) is 30.3 Å². The number of amides is 1. The quantitative estimate of drug-likeness (QED) is 0.573. The van der Waals surface area contributed by atoms with Gasteiger partial charge in [0.2, 0.25) is 5.91 Å². The third kappa shape index (κ3) is 5.95. The van der Waals surface area contributed by atoms with Crippen LogP contribution in [0.5, 0.6) is 5.75 Å². The van der Waals surface area contributed by atoms with Gasteiger partial charge in [0.15, 0.2) is 0 Å². The van der Waals surface area contributed by atoms with E-state index in [1.54, 1.807) is 7.11 Å². The van der Waals surface area contributed by atoms with Crippen molar-refractivity contribution in [2.24, 2.45) is 0 Å². The summed E-state index contributed by atoms with van der Waals surface area (Å²) in [4.78, 5) is 18.7. The second kappa shape index (κ2) is 10.4. The SMILES string of the molecule is COc1cccc(Cc2cccc([C@H]3CCCN(Cc4ccc(NC(C)=O)cc4)C3)n2)c1. The van der Waals surface area contributed by atoms with Crippen molar-refractivity contribution in [2.75, 3.05) is 25.5 Å². The predicted molar refractivity (Wildman–Crippen MR) is 128 cm³/mol. The molecular weight excluding hydrogens is 398 g/mol.